The number of thiophene rings is 1. The molecule has 10 nitrogen and oxygen atoms in total. The monoisotopic (exact) mass is 406 g/mol. The number of Topliss-reactive ketones (excluding diaryl/α,β-unsaturated/α-hetero) is 1. The maximum Gasteiger partial charge on any atom is 0.414 e. The number of rotatable bonds is 4. The number of piperazine rings is 1. The lowest BCUT2D eigenvalue weighted by molar-refractivity contribution is -0.159. The van der Waals surface area contributed by atoms with Gasteiger partial charge in [0.05, 0.1) is 17.6 Å². The summed E-state index contributed by atoms with van der Waals surface area (Å²) in [6, 6.07) is 3.73. The van der Waals surface area contributed by atoms with Crippen LogP contribution in [0.4, 0.5) is 0 Å². The zero-order chi connectivity index (χ0) is 20.5. The van der Waals surface area contributed by atoms with E-state index in [0.29, 0.717) is 38.4 Å². The summed E-state index contributed by atoms with van der Waals surface area (Å²) in [5, 5.41) is 16.7. The number of aromatic nitrogens is 2. The Balaban J connectivity index is 0.000000409. The van der Waals surface area contributed by atoms with Gasteiger partial charge in [0.2, 0.25) is 0 Å². The van der Waals surface area contributed by atoms with Crippen LogP contribution >= 0.6 is 11.3 Å². The minimum absolute atomic E-state index is 0.0997. The molecule has 0 atom stereocenters. The SMILES string of the molecule is O=C(CN1CCN(C(=O)c2cnccn2)CC1)c1cccs1.O=C(O)C(=O)O. The van der Waals surface area contributed by atoms with Crippen molar-refractivity contribution in [3.05, 3.63) is 46.7 Å². The molecule has 0 saturated carbocycles. The summed E-state index contributed by atoms with van der Waals surface area (Å²) in [6.45, 7) is 3.01. The maximum atomic E-state index is 12.3. The van der Waals surface area contributed by atoms with Gasteiger partial charge >= 0.3 is 11.9 Å². The summed E-state index contributed by atoms with van der Waals surface area (Å²) < 4.78 is 0. The van der Waals surface area contributed by atoms with Gasteiger partial charge in [-0.3, -0.25) is 19.5 Å². The number of ketones is 1. The lowest BCUT2D eigenvalue weighted by atomic mass is 10.2. The number of carbonyl (C=O) groups excluding carboxylic acids is 2. The molecule has 0 radical (unpaired) electrons. The Morgan fingerprint density at radius 2 is 1.71 bits per heavy atom. The molecule has 0 unspecified atom stereocenters. The molecule has 11 heteroatoms. The average Bonchev–Trinajstić information content (AvgIpc) is 3.24. The Morgan fingerprint density at radius 3 is 2.21 bits per heavy atom. The van der Waals surface area contributed by atoms with Crippen molar-refractivity contribution >= 4 is 35.0 Å². The first kappa shape index (κ1) is 21.1. The number of hydrogen-bond donors (Lipinski definition) is 2. The second-order valence-corrected chi connectivity index (χ2v) is 6.62. The molecule has 1 saturated heterocycles. The Morgan fingerprint density at radius 1 is 1.04 bits per heavy atom. The van der Waals surface area contributed by atoms with Gasteiger partial charge in [-0.1, -0.05) is 6.07 Å². The van der Waals surface area contributed by atoms with Gasteiger partial charge in [0, 0.05) is 38.6 Å². The fourth-order valence-corrected chi connectivity index (χ4v) is 3.06. The van der Waals surface area contributed by atoms with E-state index in [1.165, 1.54) is 23.7 Å². The van der Waals surface area contributed by atoms with Crippen LogP contribution in [-0.2, 0) is 9.59 Å². The van der Waals surface area contributed by atoms with E-state index in [1.807, 2.05) is 17.5 Å². The van der Waals surface area contributed by atoms with E-state index in [-0.39, 0.29) is 11.7 Å². The van der Waals surface area contributed by atoms with Gasteiger partial charge in [0.25, 0.3) is 5.91 Å². The summed E-state index contributed by atoms with van der Waals surface area (Å²) in [5.74, 6) is -3.61. The predicted molar refractivity (Wildman–Crippen MR) is 98.3 cm³/mol. The number of carboxylic acids is 2. The van der Waals surface area contributed by atoms with Crippen LogP contribution in [0.2, 0.25) is 0 Å². The van der Waals surface area contributed by atoms with Gasteiger partial charge in [0.15, 0.2) is 5.78 Å². The topological polar surface area (TPSA) is 141 Å². The average molecular weight is 406 g/mol. The molecule has 148 valence electrons. The minimum Gasteiger partial charge on any atom is -0.473 e. The highest BCUT2D eigenvalue weighted by molar-refractivity contribution is 7.12. The van der Waals surface area contributed by atoms with Crippen LogP contribution in [0.3, 0.4) is 0 Å². The van der Waals surface area contributed by atoms with Crippen molar-refractivity contribution in [2.75, 3.05) is 32.7 Å². The first-order valence-electron chi connectivity index (χ1n) is 8.19. The van der Waals surface area contributed by atoms with Crippen LogP contribution in [0.5, 0.6) is 0 Å². The molecule has 1 aliphatic heterocycles. The van der Waals surface area contributed by atoms with Crippen LogP contribution in [-0.4, -0.2) is 86.3 Å². The minimum atomic E-state index is -1.82. The Hall–Kier alpha value is -3.18. The van der Waals surface area contributed by atoms with Crippen molar-refractivity contribution in [1.82, 2.24) is 19.8 Å². The molecule has 0 bridgehead atoms. The molecular formula is C17H18N4O6S. The predicted octanol–water partition coefficient (Wildman–Crippen LogP) is 0.334. The smallest absolute Gasteiger partial charge is 0.414 e. The van der Waals surface area contributed by atoms with Gasteiger partial charge < -0.3 is 15.1 Å². The van der Waals surface area contributed by atoms with E-state index >= 15 is 0 Å². The van der Waals surface area contributed by atoms with E-state index < -0.39 is 11.9 Å². The fourth-order valence-electron chi connectivity index (χ4n) is 2.40. The number of carbonyl (C=O) groups is 4. The Labute approximate surface area is 164 Å². The molecule has 1 fully saturated rings. The highest BCUT2D eigenvalue weighted by atomic mass is 32.1. The third-order valence-corrected chi connectivity index (χ3v) is 4.70. The normalized spacial score (nSPS) is 13.9. The Kier molecular flexibility index (Phi) is 7.72. The maximum absolute atomic E-state index is 12.3. The fraction of sp³-hybridized carbons (Fsp3) is 0.294. The van der Waals surface area contributed by atoms with Gasteiger partial charge in [-0.25, -0.2) is 14.6 Å². The molecule has 2 N–H and O–H groups in total. The number of carboxylic acid groups (broad SMARTS) is 2. The molecule has 0 spiro atoms. The third kappa shape index (κ3) is 6.21. The summed E-state index contributed by atoms with van der Waals surface area (Å²) in [5.41, 5.74) is 0.366. The highest BCUT2D eigenvalue weighted by Crippen LogP contribution is 2.12. The van der Waals surface area contributed by atoms with Crippen LogP contribution in [0.1, 0.15) is 20.2 Å². The summed E-state index contributed by atoms with van der Waals surface area (Å²) in [6.07, 6.45) is 4.54. The second kappa shape index (κ2) is 10.2. The number of aliphatic carboxylic acids is 2. The molecule has 28 heavy (non-hydrogen) atoms. The molecule has 0 aromatic carbocycles. The highest BCUT2D eigenvalue weighted by Gasteiger charge is 2.24. The summed E-state index contributed by atoms with van der Waals surface area (Å²) in [7, 11) is 0. The second-order valence-electron chi connectivity index (χ2n) is 5.67. The number of nitrogens with zero attached hydrogens (tertiary/aromatic N) is 4. The quantitative estimate of drug-likeness (QED) is 0.543. The molecule has 1 amide bonds. The zero-order valence-electron chi connectivity index (χ0n) is 14.7. The van der Waals surface area contributed by atoms with E-state index in [4.69, 9.17) is 19.8 Å². The summed E-state index contributed by atoms with van der Waals surface area (Å²) >= 11 is 1.47. The van der Waals surface area contributed by atoms with Crippen LogP contribution in [0.15, 0.2) is 36.1 Å². The van der Waals surface area contributed by atoms with Gasteiger partial charge in [-0.05, 0) is 11.4 Å². The van der Waals surface area contributed by atoms with Crippen molar-refractivity contribution in [2.45, 2.75) is 0 Å². The van der Waals surface area contributed by atoms with Crippen molar-refractivity contribution in [1.29, 1.82) is 0 Å². The van der Waals surface area contributed by atoms with Crippen molar-refractivity contribution in [3.63, 3.8) is 0 Å². The van der Waals surface area contributed by atoms with Crippen LogP contribution in [0, 0.1) is 0 Å². The Bertz CT molecular complexity index is 807. The van der Waals surface area contributed by atoms with Crippen molar-refractivity contribution < 1.29 is 29.4 Å². The van der Waals surface area contributed by atoms with Gasteiger partial charge in [0.1, 0.15) is 5.69 Å². The molecule has 3 rings (SSSR count). The molecule has 1 aliphatic rings. The van der Waals surface area contributed by atoms with Gasteiger partial charge in [-0.2, -0.15) is 0 Å². The number of amides is 1. The first-order valence-corrected chi connectivity index (χ1v) is 9.07. The largest absolute Gasteiger partial charge is 0.473 e. The van der Waals surface area contributed by atoms with Crippen molar-refractivity contribution in [3.8, 4) is 0 Å². The molecule has 2 aromatic heterocycles. The lowest BCUT2D eigenvalue weighted by Crippen LogP contribution is -2.50. The van der Waals surface area contributed by atoms with E-state index in [1.54, 1.807) is 11.1 Å². The zero-order valence-corrected chi connectivity index (χ0v) is 15.5. The molecule has 3 heterocycles. The first-order chi connectivity index (χ1) is 13.4. The number of hydrogen-bond acceptors (Lipinski definition) is 8. The van der Waals surface area contributed by atoms with E-state index in [0.717, 1.165) is 4.88 Å². The third-order valence-electron chi connectivity index (χ3n) is 3.79. The van der Waals surface area contributed by atoms with Crippen molar-refractivity contribution in [2.24, 2.45) is 0 Å². The summed E-state index contributed by atoms with van der Waals surface area (Å²) in [4.78, 5) is 55.1. The van der Waals surface area contributed by atoms with E-state index in [2.05, 4.69) is 14.9 Å². The lowest BCUT2D eigenvalue weighted by Gasteiger charge is -2.34. The van der Waals surface area contributed by atoms with Gasteiger partial charge in [-0.15, -0.1) is 11.3 Å². The van der Waals surface area contributed by atoms with Crippen LogP contribution in [0.25, 0.3) is 0 Å². The molecule has 2 aromatic rings. The molecule has 0 aliphatic carbocycles. The van der Waals surface area contributed by atoms with E-state index in [9.17, 15) is 9.59 Å². The standard InChI is InChI=1S/C15H16N4O2S.C2H2O4/c20-13(14-2-1-9-22-14)11-18-5-7-19(8-6-18)15(21)12-10-16-3-4-17-12;3-1(4)2(5)6/h1-4,9-10H,5-8,11H2;(H,3,4)(H,5,6). The van der Waals surface area contributed by atoms with Crippen LogP contribution < -0.4 is 0 Å². The molecular weight excluding hydrogens is 388 g/mol.